The first-order valence-electron chi connectivity index (χ1n) is 9.13. The van der Waals surface area contributed by atoms with Crippen LogP contribution in [0.1, 0.15) is 18.1 Å². The molecule has 27 heavy (non-hydrogen) atoms. The van der Waals surface area contributed by atoms with Gasteiger partial charge in [-0.1, -0.05) is 30.3 Å². The third-order valence-corrected chi connectivity index (χ3v) is 4.84. The second-order valence-corrected chi connectivity index (χ2v) is 6.58. The van der Waals surface area contributed by atoms with Crippen LogP contribution in [0.25, 0.3) is 0 Å². The van der Waals surface area contributed by atoms with Crippen molar-refractivity contribution in [2.45, 2.75) is 25.9 Å². The number of nitrogens with zero attached hydrogens (tertiary/aromatic N) is 2. The van der Waals surface area contributed by atoms with Crippen molar-refractivity contribution in [2.75, 3.05) is 32.1 Å². The average Bonchev–Trinajstić information content (AvgIpc) is 3.12. The topological polar surface area (TPSA) is 48.9 Å². The first-order valence-corrected chi connectivity index (χ1v) is 9.13. The van der Waals surface area contributed by atoms with E-state index in [1.54, 1.807) is 14.2 Å². The van der Waals surface area contributed by atoms with Gasteiger partial charge in [-0.15, -0.1) is 24.0 Å². The van der Waals surface area contributed by atoms with E-state index < -0.39 is 0 Å². The van der Waals surface area contributed by atoms with Crippen LogP contribution in [0.4, 0.5) is 5.69 Å². The molecule has 2 aromatic carbocycles. The molecule has 0 radical (unpaired) electrons. The van der Waals surface area contributed by atoms with Crippen molar-refractivity contribution in [2.24, 2.45) is 4.99 Å². The molecule has 1 aliphatic rings. The summed E-state index contributed by atoms with van der Waals surface area (Å²) in [4.78, 5) is 6.80. The van der Waals surface area contributed by atoms with E-state index in [2.05, 4.69) is 57.8 Å². The molecule has 5 nitrogen and oxygen atoms in total. The second kappa shape index (κ2) is 10.4. The fourth-order valence-corrected chi connectivity index (χ4v) is 3.36. The SMILES string of the molecule is CN=C(NCc1cccc(OC)c1)NCC(C)N1CCc2ccccc21.I. The third-order valence-electron chi connectivity index (χ3n) is 4.84. The highest BCUT2D eigenvalue weighted by atomic mass is 127. The van der Waals surface area contributed by atoms with E-state index in [0.29, 0.717) is 12.6 Å². The molecule has 1 heterocycles. The van der Waals surface area contributed by atoms with Gasteiger partial charge in [0.25, 0.3) is 0 Å². The summed E-state index contributed by atoms with van der Waals surface area (Å²) in [5, 5.41) is 6.81. The van der Waals surface area contributed by atoms with Crippen molar-refractivity contribution >= 4 is 35.6 Å². The van der Waals surface area contributed by atoms with Crippen molar-refractivity contribution in [3.05, 3.63) is 59.7 Å². The fourth-order valence-electron chi connectivity index (χ4n) is 3.36. The molecule has 2 aromatic rings. The van der Waals surface area contributed by atoms with Crippen LogP contribution in [0.15, 0.2) is 53.5 Å². The van der Waals surface area contributed by atoms with Gasteiger partial charge in [0.05, 0.1) is 7.11 Å². The first-order chi connectivity index (χ1) is 12.7. The van der Waals surface area contributed by atoms with Crippen LogP contribution in [0.5, 0.6) is 5.75 Å². The molecular weight excluding hydrogens is 451 g/mol. The molecule has 0 aromatic heterocycles. The Hall–Kier alpha value is -1.96. The Kier molecular flexibility index (Phi) is 8.22. The lowest BCUT2D eigenvalue weighted by molar-refractivity contribution is 0.414. The predicted molar refractivity (Wildman–Crippen MR) is 124 cm³/mol. The van der Waals surface area contributed by atoms with Gasteiger partial charge in [-0.3, -0.25) is 4.99 Å². The van der Waals surface area contributed by atoms with E-state index in [0.717, 1.165) is 36.8 Å². The van der Waals surface area contributed by atoms with Crippen molar-refractivity contribution in [3.8, 4) is 5.75 Å². The third kappa shape index (κ3) is 5.51. The zero-order valence-corrected chi connectivity index (χ0v) is 18.6. The van der Waals surface area contributed by atoms with Crippen LogP contribution in [-0.4, -0.2) is 39.2 Å². The highest BCUT2D eigenvalue weighted by Crippen LogP contribution is 2.28. The van der Waals surface area contributed by atoms with Gasteiger partial charge in [0, 0.05) is 38.4 Å². The number of ether oxygens (including phenoxy) is 1. The Balaban J connectivity index is 0.00000261. The van der Waals surface area contributed by atoms with Gasteiger partial charge in [0.2, 0.25) is 0 Å². The second-order valence-electron chi connectivity index (χ2n) is 6.58. The van der Waals surface area contributed by atoms with Gasteiger partial charge in [-0.2, -0.15) is 0 Å². The Morgan fingerprint density at radius 2 is 2.00 bits per heavy atom. The Morgan fingerprint density at radius 3 is 2.78 bits per heavy atom. The summed E-state index contributed by atoms with van der Waals surface area (Å²) in [7, 11) is 3.49. The number of rotatable bonds is 6. The normalized spacial score (nSPS) is 14.2. The van der Waals surface area contributed by atoms with E-state index in [9.17, 15) is 0 Å². The van der Waals surface area contributed by atoms with Gasteiger partial charge in [-0.05, 0) is 42.7 Å². The smallest absolute Gasteiger partial charge is 0.191 e. The standard InChI is InChI=1S/C21H28N4O.HI/c1-16(25-12-11-18-8-4-5-10-20(18)25)14-23-21(22-2)24-15-17-7-6-9-19(13-17)26-3;/h4-10,13,16H,11-12,14-15H2,1-3H3,(H2,22,23,24);1H. The molecule has 0 saturated heterocycles. The van der Waals surface area contributed by atoms with Crippen LogP contribution in [0, 0.1) is 0 Å². The summed E-state index contributed by atoms with van der Waals surface area (Å²) >= 11 is 0. The van der Waals surface area contributed by atoms with Crippen molar-refractivity contribution in [1.29, 1.82) is 0 Å². The maximum absolute atomic E-state index is 5.27. The number of fused-ring (bicyclic) bond motifs is 1. The van der Waals surface area contributed by atoms with Crippen LogP contribution >= 0.6 is 24.0 Å². The quantitative estimate of drug-likeness (QED) is 0.378. The molecule has 0 spiro atoms. The lowest BCUT2D eigenvalue weighted by Crippen LogP contribution is -2.45. The molecule has 1 aliphatic heterocycles. The molecule has 1 atom stereocenters. The number of nitrogens with one attached hydrogen (secondary N) is 2. The van der Waals surface area contributed by atoms with Crippen LogP contribution < -0.4 is 20.3 Å². The molecule has 0 fully saturated rings. The van der Waals surface area contributed by atoms with Gasteiger partial charge >= 0.3 is 0 Å². The van der Waals surface area contributed by atoms with E-state index in [1.807, 2.05) is 18.2 Å². The summed E-state index contributed by atoms with van der Waals surface area (Å²) in [5.74, 6) is 1.68. The number of benzene rings is 2. The molecule has 1 unspecified atom stereocenters. The summed E-state index contributed by atoms with van der Waals surface area (Å²) < 4.78 is 5.27. The molecule has 146 valence electrons. The molecule has 0 bridgehead atoms. The fraction of sp³-hybridized carbons (Fsp3) is 0.381. The number of guanidine groups is 1. The number of hydrogen-bond acceptors (Lipinski definition) is 3. The van der Waals surface area contributed by atoms with E-state index in [1.165, 1.54) is 11.3 Å². The lowest BCUT2D eigenvalue weighted by atomic mass is 10.2. The Morgan fingerprint density at radius 1 is 1.19 bits per heavy atom. The van der Waals surface area contributed by atoms with E-state index in [4.69, 9.17) is 4.74 Å². The maximum atomic E-state index is 5.27. The summed E-state index contributed by atoms with van der Waals surface area (Å²) in [6, 6.07) is 17.1. The molecule has 0 amide bonds. The van der Waals surface area contributed by atoms with Crippen molar-refractivity contribution in [1.82, 2.24) is 10.6 Å². The largest absolute Gasteiger partial charge is 0.497 e. The number of aliphatic imine (C=N–C) groups is 1. The molecule has 0 aliphatic carbocycles. The molecule has 6 heteroatoms. The number of hydrogen-bond donors (Lipinski definition) is 2. The molecular formula is C21H29IN4O. The van der Waals surface area contributed by atoms with Crippen LogP contribution in [-0.2, 0) is 13.0 Å². The first kappa shape index (κ1) is 21.3. The molecule has 2 N–H and O–H groups in total. The van der Waals surface area contributed by atoms with Gasteiger partial charge in [-0.25, -0.2) is 0 Å². The average molecular weight is 480 g/mol. The van der Waals surface area contributed by atoms with Gasteiger partial charge < -0.3 is 20.3 Å². The summed E-state index contributed by atoms with van der Waals surface area (Å²) in [6.07, 6.45) is 1.13. The predicted octanol–water partition coefficient (Wildman–Crippen LogP) is 3.43. The summed E-state index contributed by atoms with van der Waals surface area (Å²) in [6.45, 7) is 4.88. The highest BCUT2D eigenvalue weighted by Gasteiger charge is 2.22. The minimum Gasteiger partial charge on any atom is -0.497 e. The number of anilines is 1. The zero-order valence-electron chi connectivity index (χ0n) is 16.2. The van der Waals surface area contributed by atoms with Crippen LogP contribution in [0.2, 0.25) is 0 Å². The van der Waals surface area contributed by atoms with Gasteiger partial charge in [0.1, 0.15) is 5.75 Å². The molecule has 0 saturated carbocycles. The van der Waals surface area contributed by atoms with Gasteiger partial charge in [0.15, 0.2) is 5.96 Å². The van der Waals surface area contributed by atoms with Crippen molar-refractivity contribution < 1.29 is 4.74 Å². The minimum atomic E-state index is 0. The number of methoxy groups -OCH3 is 1. The Bertz CT molecular complexity index is 765. The Labute approximate surface area is 179 Å². The highest BCUT2D eigenvalue weighted by molar-refractivity contribution is 14.0. The monoisotopic (exact) mass is 480 g/mol. The lowest BCUT2D eigenvalue weighted by Gasteiger charge is -2.28. The number of para-hydroxylation sites is 1. The zero-order chi connectivity index (χ0) is 18.4. The van der Waals surface area contributed by atoms with Crippen molar-refractivity contribution in [3.63, 3.8) is 0 Å². The van der Waals surface area contributed by atoms with Crippen LogP contribution in [0.3, 0.4) is 0 Å². The summed E-state index contributed by atoms with van der Waals surface area (Å²) in [5.41, 5.74) is 3.97. The minimum absolute atomic E-state index is 0. The maximum Gasteiger partial charge on any atom is 0.191 e. The van der Waals surface area contributed by atoms with E-state index in [-0.39, 0.29) is 24.0 Å². The van der Waals surface area contributed by atoms with E-state index >= 15 is 0 Å². The number of halogens is 1. The molecule has 3 rings (SSSR count).